The van der Waals surface area contributed by atoms with E-state index >= 15 is 0 Å². The molecule has 1 aromatic carbocycles. The minimum Gasteiger partial charge on any atom is -0.445 e. The van der Waals surface area contributed by atoms with Crippen molar-refractivity contribution >= 4 is 12.4 Å². The Balaban J connectivity index is 2.37. The molecule has 17 heavy (non-hydrogen) atoms. The van der Waals surface area contributed by atoms with E-state index in [9.17, 15) is 9.59 Å². The van der Waals surface area contributed by atoms with Gasteiger partial charge in [-0.15, -0.1) is 0 Å². The first-order valence-electron chi connectivity index (χ1n) is 5.56. The Kier molecular flexibility index (Phi) is 5.20. The van der Waals surface area contributed by atoms with Gasteiger partial charge in [0.1, 0.15) is 12.9 Å². The van der Waals surface area contributed by atoms with Gasteiger partial charge in [0.25, 0.3) is 0 Å². The fourth-order valence-corrected chi connectivity index (χ4v) is 1.26. The van der Waals surface area contributed by atoms with Crippen LogP contribution >= 0.6 is 0 Å². The summed E-state index contributed by atoms with van der Waals surface area (Å²) >= 11 is 0. The lowest BCUT2D eigenvalue weighted by Crippen LogP contribution is -2.39. The normalized spacial score (nSPS) is 11.9. The van der Waals surface area contributed by atoms with Crippen molar-refractivity contribution in [1.82, 2.24) is 5.32 Å². The van der Waals surface area contributed by atoms with Crippen molar-refractivity contribution in [3.63, 3.8) is 0 Å². The van der Waals surface area contributed by atoms with Gasteiger partial charge >= 0.3 is 6.09 Å². The molecule has 92 valence electrons. The maximum atomic E-state index is 11.4. The summed E-state index contributed by atoms with van der Waals surface area (Å²) in [5.41, 5.74) is 0.912. The molecule has 0 spiro atoms. The number of rotatable bonds is 5. The molecule has 0 bridgehead atoms. The lowest BCUT2D eigenvalue weighted by atomic mass is 10.1. The van der Waals surface area contributed by atoms with Crippen molar-refractivity contribution < 1.29 is 14.3 Å². The number of carbonyl (C=O) groups is 2. The molecule has 1 aromatic rings. The number of ether oxygens (including phenoxy) is 1. The summed E-state index contributed by atoms with van der Waals surface area (Å²) in [6.45, 7) is 3.92. The molecule has 0 heterocycles. The van der Waals surface area contributed by atoms with Crippen LogP contribution in [0.15, 0.2) is 30.3 Å². The summed E-state index contributed by atoms with van der Waals surface area (Å²) in [6, 6.07) is 8.88. The number of carbonyl (C=O) groups excluding carboxylic acids is 2. The molecule has 1 atom stereocenters. The zero-order chi connectivity index (χ0) is 12.7. The molecule has 1 unspecified atom stereocenters. The van der Waals surface area contributed by atoms with Crippen molar-refractivity contribution in [3.05, 3.63) is 35.9 Å². The zero-order valence-electron chi connectivity index (χ0n) is 10.1. The third kappa shape index (κ3) is 4.68. The Labute approximate surface area is 101 Å². The Hall–Kier alpha value is -1.84. The van der Waals surface area contributed by atoms with Crippen molar-refractivity contribution in [2.24, 2.45) is 5.92 Å². The Morgan fingerprint density at radius 3 is 2.53 bits per heavy atom. The summed E-state index contributed by atoms with van der Waals surface area (Å²) < 4.78 is 5.00. The van der Waals surface area contributed by atoms with Crippen molar-refractivity contribution in [1.29, 1.82) is 0 Å². The second-order valence-corrected chi connectivity index (χ2v) is 4.11. The number of nitrogens with one attached hydrogen (secondary N) is 1. The highest BCUT2D eigenvalue weighted by atomic mass is 16.5. The Morgan fingerprint density at radius 2 is 2.00 bits per heavy atom. The van der Waals surface area contributed by atoms with E-state index < -0.39 is 12.1 Å². The van der Waals surface area contributed by atoms with Crippen LogP contribution in [0.2, 0.25) is 0 Å². The highest BCUT2D eigenvalue weighted by Crippen LogP contribution is 2.02. The highest BCUT2D eigenvalue weighted by Gasteiger charge is 2.15. The summed E-state index contributed by atoms with van der Waals surface area (Å²) in [4.78, 5) is 22.1. The van der Waals surface area contributed by atoms with Crippen LogP contribution in [0.5, 0.6) is 0 Å². The second-order valence-electron chi connectivity index (χ2n) is 4.11. The van der Waals surface area contributed by atoms with Crippen LogP contribution in [0.1, 0.15) is 19.4 Å². The van der Waals surface area contributed by atoms with E-state index in [4.69, 9.17) is 4.74 Å². The molecule has 0 aromatic heterocycles. The molecule has 0 aliphatic heterocycles. The lowest BCUT2D eigenvalue weighted by molar-refractivity contribution is -0.110. The number of hydrogen-bond acceptors (Lipinski definition) is 3. The summed E-state index contributed by atoms with van der Waals surface area (Å²) in [5.74, 6) is 0.0526. The van der Waals surface area contributed by atoms with E-state index in [1.54, 1.807) is 0 Å². The van der Waals surface area contributed by atoms with E-state index in [2.05, 4.69) is 5.32 Å². The number of aldehydes is 1. The Bertz CT molecular complexity index is 362. The fourth-order valence-electron chi connectivity index (χ4n) is 1.26. The molecule has 0 aliphatic rings. The van der Waals surface area contributed by atoms with Crippen LogP contribution in [0, 0.1) is 5.92 Å². The van der Waals surface area contributed by atoms with E-state index in [-0.39, 0.29) is 12.5 Å². The molecule has 1 N–H and O–H groups in total. The largest absolute Gasteiger partial charge is 0.445 e. The molecule has 0 fully saturated rings. The van der Waals surface area contributed by atoms with Gasteiger partial charge in [-0.3, -0.25) is 0 Å². The molecule has 0 saturated carbocycles. The first-order valence-corrected chi connectivity index (χ1v) is 5.56. The van der Waals surface area contributed by atoms with E-state index in [1.807, 2.05) is 44.2 Å². The molecule has 4 heteroatoms. The number of amides is 1. The van der Waals surface area contributed by atoms with Gasteiger partial charge in [-0.05, 0) is 11.5 Å². The molecule has 0 radical (unpaired) electrons. The molecule has 0 aliphatic carbocycles. The predicted octanol–water partition coefficient (Wildman–Crippen LogP) is 2.14. The Morgan fingerprint density at radius 1 is 1.35 bits per heavy atom. The maximum Gasteiger partial charge on any atom is 0.408 e. The van der Waals surface area contributed by atoms with Gasteiger partial charge in [0.15, 0.2) is 0 Å². The van der Waals surface area contributed by atoms with Gasteiger partial charge in [0, 0.05) is 0 Å². The van der Waals surface area contributed by atoms with Gasteiger partial charge in [-0.25, -0.2) is 4.79 Å². The highest BCUT2D eigenvalue weighted by molar-refractivity contribution is 5.73. The average Bonchev–Trinajstić information content (AvgIpc) is 2.34. The molecule has 1 amide bonds. The van der Waals surface area contributed by atoms with Crippen LogP contribution < -0.4 is 5.32 Å². The zero-order valence-corrected chi connectivity index (χ0v) is 10.1. The second kappa shape index (κ2) is 6.68. The number of hydrogen-bond donors (Lipinski definition) is 1. The number of alkyl carbamates (subject to hydrolysis) is 1. The molecule has 4 nitrogen and oxygen atoms in total. The minimum absolute atomic E-state index is 0.0526. The van der Waals surface area contributed by atoms with Crippen molar-refractivity contribution in [2.75, 3.05) is 0 Å². The minimum atomic E-state index is -0.570. The van der Waals surface area contributed by atoms with Crippen molar-refractivity contribution in [3.8, 4) is 0 Å². The quantitative estimate of drug-likeness (QED) is 0.795. The summed E-state index contributed by atoms with van der Waals surface area (Å²) in [7, 11) is 0. The van der Waals surface area contributed by atoms with E-state index in [0.717, 1.165) is 5.56 Å². The van der Waals surface area contributed by atoms with E-state index in [1.165, 1.54) is 0 Å². The SMILES string of the molecule is CC(C)C(C=O)NC(=O)OCc1ccccc1. The van der Waals surface area contributed by atoms with Gasteiger partial charge in [-0.1, -0.05) is 44.2 Å². The molecular formula is C13H17NO3. The van der Waals surface area contributed by atoms with Gasteiger partial charge in [-0.2, -0.15) is 0 Å². The first-order chi connectivity index (χ1) is 8.13. The van der Waals surface area contributed by atoms with Crippen LogP contribution in [0.25, 0.3) is 0 Å². The topological polar surface area (TPSA) is 55.4 Å². The first kappa shape index (κ1) is 13.2. The van der Waals surface area contributed by atoms with Gasteiger partial charge < -0.3 is 14.8 Å². The third-order valence-corrected chi connectivity index (χ3v) is 2.36. The molecule has 0 saturated heterocycles. The van der Waals surface area contributed by atoms with E-state index in [0.29, 0.717) is 6.29 Å². The average molecular weight is 235 g/mol. The lowest BCUT2D eigenvalue weighted by Gasteiger charge is -2.15. The monoisotopic (exact) mass is 235 g/mol. The fraction of sp³-hybridized carbons (Fsp3) is 0.385. The predicted molar refractivity (Wildman–Crippen MR) is 64.5 cm³/mol. The van der Waals surface area contributed by atoms with Crippen LogP contribution in [-0.2, 0) is 16.1 Å². The summed E-state index contributed by atoms with van der Waals surface area (Å²) in [5, 5.41) is 2.51. The van der Waals surface area contributed by atoms with Gasteiger partial charge in [0.05, 0.1) is 6.04 Å². The molecule has 1 rings (SSSR count). The third-order valence-electron chi connectivity index (χ3n) is 2.36. The number of benzene rings is 1. The standard InChI is InChI=1S/C13H17NO3/c1-10(2)12(8-15)14-13(16)17-9-11-6-4-3-5-7-11/h3-8,10,12H,9H2,1-2H3,(H,14,16). The molecular weight excluding hydrogens is 218 g/mol. The van der Waals surface area contributed by atoms with Crippen LogP contribution in [-0.4, -0.2) is 18.4 Å². The van der Waals surface area contributed by atoms with Crippen molar-refractivity contribution in [2.45, 2.75) is 26.5 Å². The summed E-state index contributed by atoms with van der Waals surface area (Å²) in [6.07, 6.45) is 0.147. The van der Waals surface area contributed by atoms with Crippen LogP contribution in [0.3, 0.4) is 0 Å². The maximum absolute atomic E-state index is 11.4. The smallest absolute Gasteiger partial charge is 0.408 e. The van der Waals surface area contributed by atoms with Crippen LogP contribution in [0.4, 0.5) is 4.79 Å². The van der Waals surface area contributed by atoms with Gasteiger partial charge in [0.2, 0.25) is 0 Å².